The average Bonchev–Trinajstić information content (AvgIpc) is 3.53. The van der Waals surface area contributed by atoms with Gasteiger partial charge in [-0.1, -0.05) is 140 Å². The molecule has 0 saturated heterocycles. The van der Waals surface area contributed by atoms with Crippen molar-refractivity contribution < 1.29 is 0 Å². The molecule has 0 radical (unpaired) electrons. The maximum Gasteiger partial charge on any atom is 0.0568 e. The Kier molecular flexibility index (Phi) is 7.06. The largest absolute Gasteiger partial charge is 0.343 e. The highest BCUT2D eigenvalue weighted by Gasteiger charge is 2.18. The van der Waals surface area contributed by atoms with Crippen molar-refractivity contribution in [1.29, 1.82) is 0 Å². The molecule has 0 fully saturated rings. The molecule has 232 valence electrons. The molecule has 0 aliphatic rings. The lowest BCUT2D eigenvalue weighted by Gasteiger charge is -2.26. The smallest absolute Gasteiger partial charge is 0.0568 e. The maximum atomic E-state index is 2.36. The molecular formula is C47H34N2. The average molecular weight is 627 g/mol. The quantitative estimate of drug-likeness (QED) is 0.178. The summed E-state index contributed by atoms with van der Waals surface area (Å²) in [6.45, 7) is 0. The number of anilines is 3. The Morgan fingerprint density at radius 2 is 0.898 bits per heavy atom. The van der Waals surface area contributed by atoms with Gasteiger partial charge in [-0.2, -0.15) is 0 Å². The minimum absolute atomic E-state index is 1.11. The Bertz CT molecular complexity index is 2580. The van der Waals surface area contributed by atoms with Gasteiger partial charge in [-0.15, -0.1) is 0 Å². The molecule has 9 aromatic rings. The molecule has 1 aromatic heterocycles. The van der Waals surface area contributed by atoms with Gasteiger partial charge in [0.1, 0.15) is 0 Å². The first kappa shape index (κ1) is 28.8. The second kappa shape index (κ2) is 12.0. The van der Waals surface area contributed by atoms with Crippen LogP contribution in [0.1, 0.15) is 0 Å². The van der Waals surface area contributed by atoms with E-state index in [0.717, 1.165) is 17.1 Å². The van der Waals surface area contributed by atoms with Gasteiger partial charge in [0.15, 0.2) is 0 Å². The SMILES string of the molecule is Cn1c(-c2ccc(N(c3ccc(-c4ccccc4)cc3)c3ccc4ccccc4c3)cc2)cc2c(-c3ccccc3)cc3ccccc3c21. The number of nitrogens with zero attached hydrogens (tertiary/aromatic N) is 2. The van der Waals surface area contributed by atoms with Crippen LogP contribution in [-0.4, -0.2) is 4.57 Å². The fourth-order valence-electron chi connectivity index (χ4n) is 7.32. The Labute approximate surface area is 286 Å². The molecule has 49 heavy (non-hydrogen) atoms. The third-order valence-corrected chi connectivity index (χ3v) is 9.77. The van der Waals surface area contributed by atoms with E-state index in [1.807, 2.05) is 0 Å². The molecule has 1 heterocycles. The summed E-state index contributed by atoms with van der Waals surface area (Å²) >= 11 is 0. The number of aryl methyl sites for hydroxylation is 1. The van der Waals surface area contributed by atoms with Gasteiger partial charge in [0, 0.05) is 40.6 Å². The van der Waals surface area contributed by atoms with Gasteiger partial charge in [0.05, 0.1) is 5.52 Å². The van der Waals surface area contributed by atoms with Gasteiger partial charge in [0.25, 0.3) is 0 Å². The van der Waals surface area contributed by atoms with Crippen LogP contribution in [0.2, 0.25) is 0 Å². The molecule has 8 aromatic carbocycles. The predicted molar refractivity (Wildman–Crippen MR) is 209 cm³/mol. The molecule has 0 spiro atoms. The molecule has 0 aliphatic heterocycles. The third kappa shape index (κ3) is 5.15. The van der Waals surface area contributed by atoms with Crippen LogP contribution in [0.3, 0.4) is 0 Å². The first-order valence-corrected chi connectivity index (χ1v) is 16.8. The van der Waals surface area contributed by atoms with E-state index in [2.05, 4.69) is 205 Å². The topological polar surface area (TPSA) is 8.17 Å². The van der Waals surface area contributed by atoms with Crippen LogP contribution in [0.5, 0.6) is 0 Å². The normalized spacial score (nSPS) is 11.4. The zero-order chi connectivity index (χ0) is 32.7. The molecule has 2 nitrogen and oxygen atoms in total. The summed E-state index contributed by atoms with van der Waals surface area (Å²) in [6.07, 6.45) is 0. The summed E-state index contributed by atoms with van der Waals surface area (Å²) in [5.74, 6) is 0. The number of rotatable bonds is 6. The zero-order valence-corrected chi connectivity index (χ0v) is 27.3. The van der Waals surface area contributed by atoms with Gasteiger partial charge in [-0.25, -0.2) is 0 Å². The van der Waals surface area contributed by atoms with Gasteiger partial charge in [0.2, 0.25) is 0 Å². The van der Waals surface area contributed by atoms with E-state index in [0.29, 0.717) is 0 Å². The monoisotopic (exact) mass is 626 g/mol. The Morgan fingerprint density at radius 3 is 1.59 bits per heavy atom. The van der Waals surface area contributed by atoms with Crippen molar-refractivity contribution in [2.75, 3.05) is 4.90 Å². The van der Waals surface area contributed by atoms with Crippen LogP contribution < -0.4 is 4.90 Å². The number of hydrogen-bond acceptors (Lipinski definition) is 1. The van der Waals surface area contributed by atoms with Crippen molar-refractivity contribution >= 4 is 49.5 Å². The van der Waals surface area contributed by atoms with E-state index >= 15 is 0 Å². The molecule has 0 bridgehead atoms. The standard InChI is InChI=1S/C47H34N2/c1-48-46(32-45-44(36-15-6-3-7-16-36)31-39-18-10-11-19-43(39)47(45)48)37-23-27-41(28-24-37)49(42-29-22-34-14-8-9-17-38(34)30-42)40-25-20-35(21-26-40)33-12-4-2-5-13-33/h2-32H,1H3. The van der Waals surface area contributed by atoms with E-state index in [1.54, 1.807) is 0 Å². The first-order valence-electron chi connectivity index (χ1n) is 16.8. The summed E-state index contributed by atoms with van der Waals surface area (Å²) in [7, 11) is 2.20. The van der Waals surface area contributed by atoms with Crippen LogP contribution in [0.4, 0.5) is 17.1 Å². The lowest BCUT2D eigenvalue weighted by atomic mass is 9.97. The Morgan fingerprint density at radius 1 is 0.367 bits per heavy atom. The molecule has 0 aliphatic carbocycles. The van der Waals surface area contributed by atoms with E-state index in [4.69, 9.17) is 0 Å². The van der Waals surface area contributed by atoms with Gasteiger partial charge in [-0.3, -0.25) is 0 Å². The lowest BCUT2D eigenvalue weighted by molar-refractivity contribution is 0.982. The third-order valence-electron chi connectivity index (χ3n) is 9.77. The van der Waals surface area contributed by atoms with Crippen molar-refractivity contribution in [3.05, 3.63) is 188 Å². The number of hydrogen-bond donors (Lipinski definition) is 0. The molecule has 2 heteroatoms. The van der Waals surface area contributed by atoms with Crippen LogP contribution in [0.15, 0.2) is 188 Å². The highest BCUT2D eigenvalue weighted by molar-refractivity contribution is 6.14. The van der Waals surface area contributed by atoms with Crippen molar-refractivity contribution in [1.82, 2.24) is 4.57 Å². The van der Waals surface area contributed by atoms with E-state index < -0.39 is 0 Å². The summed E-state index contributed by atoms with van der Waals surface area (Å²) < 4.78 is 2.36. The van der Waals surface area contributed by atoms with Crippen molar-refractivity contribution in [3.8, 4) is 33.5 Å². The number of benzene rings is 8. The van der Waals surface area contributed by atoms with Crippen molar-refractivity contribution in [2.45, 2.75) is 0 Å². The number of fused-ring (bicyclic) bond motifs is 4. The zero-order valence-electron chi connectivity index (χ0n) is 27.3. The molecule has 0 N–H and O–H groups in total. The van der Waals surface area contributed by atoms with Crippen LogP contribution in [0, 0.1) is 0 Å². The second-order valence-electron chi connectivity index (χ2n) is 12.7. The molecule has 0 amide bonds. The Hall–Kier alpha value is -6.38. The minimum Gasteiger partial charge on any atom is -0.343 e. The summed E-state index contributed by atoms with van der Waals surface area (Å²) in [4.78, 5) is 2.35. The van der Waals surface area contributed by atoms with E-state index in [9.17, 15) is 0 Å². The molecule has 0 atom stereocenters. The summed E-state index contributed by atoms with van der Waals surface area (Å²) in [6, 6.07) is 67.9. The number of aromatic nitrogens is 1. The van der Waals surface area contributed by atoms with Gasteiger partial charge in [-0.05, 0) is 92.5 Å². The maximum absolute atomic E-state index is 2.36. The highest BCUT2D eigenvalue weighted by Crippen LogP contribution is 2.41. The first-order chi connectivity index (χ1) is 24.2. The lowest BCUT2D eigenvalue weighted by Crippen LogP contribution is -2.10. The van der Waals surface area contributed by atoms with Crippen molar-refractivity contribution in [2.24, 2.45) is 7.05 Å². The predicted octanol–water partition coefficient (Wildman–Crippen LogP) is 13.0. The minimum atomic E-state index is 1.11. The van der Waals surface area contributed by atoms with Gasteiger partial charge < -0.3 is 9.47 Å². The van der Waals surface area contributed by atoms with Crippen LogP contribution in [-0.2, 0) is 7.05 Å². The summed E-state index contributed by atoms with van der Waals surface area (Å²) in [5, 5.41) is 6.24. The fraction of sp³-hybridized carbons (Fsp3) is 0.0213. The van der Waals surface area contributed by atoms with Gasteiger partial charge >= 0.3 is 0 Å². The molecule has 0 unspecified atom stereocenters. The van der Waals surface area contributed by atoms with Crippen LogP contribution >= 0.6 is 0 Å². The van der Waals surface area contributed by atoms with Crippen LogP contribution in [0.25, 0.3) is 66.0 Å². The molecule has 0 saturated carbocycles. The molecular weight excluding hydrogens is 593 g/mol. The fourth-order valence-corrected chi connectivity index (χ4v) is 7.32. The van der Waals surface area contributed by atoms with Crippen molar-refractivity contribution in [3.63, 3.8) is 0 Å². The summed E-state index contributed by atoms with van der Waals surface area (Å²) in [5.41, 5.74) is 11.9. The Balaban J connectivity index is 1.16. The second-order valence-corrected chi connectivity index (χ2v) is 12.7. The molecule has 9 rings (SSSR count). The highest BCUT2D eigenvalue weighted by atomic mass is 15.1. The van der Waals surface area contributed by atoms with E-state index in [-0.39, 0.29) is 0 Å². The van der Waals surface area contributed by atoms with E-state index in [1.165, 1.54) is 66.0 Å².